The van der Waals surface area contributed by atoms with Gasteiger partial charge in [-0.15, -0.1) is 0 Å². The third kappa shape index (κ3) is 4.07. The first-order chi connectivity index (χ1) is 10.7. The Morgan fingerprint density at radius 3 is 2.48 bits per heavy atom. The Bertz CT molecular complexity index is 701. The van der Waals surface area contributed by atoms with Crippen molar-refractivity contribution in [1.29, 1.82) is 0 Å². The second-order valence-corrected chi connectivity index (χ2v) is 7.78. The molecule has 1 amide bonds. The van der Waals surface area contributed by atoms with Crippen molar-refractivity contribution in [3.63, 3.8) is 0 Å². The van der Waals surface area contributed by atoms with Crippen LogP contribution in [0.4, 0.5) is 4.39 Å². The van der Waals surface area contributed by atoms with Crippen LogP contribution < -0.4 is 0 Å². The Morgan fingerprint density at radius 2 is 1.96 bits per heavy atom. The lowest BCUT2D eigenvalue weighted by molar-refractivity contribution is -0.141. The van der Waals surface area contributed by atoms with Crippen LogP contribution in [0.3, 0.4) is 0 Å². The van der Waals surface area contributed by atoms with Gasteiger partial charge in [-0.05, 0) is 30.7 Å². The topological polar surface area (TPSA) is 91.8 Å². The molecule has 1 saturated heterocycles. The molecule has 0 unspecified atom stereocenters. The number of hydrogen-bond acceptors (Lipinski definition) is 4. The van der Waals surface area contributed by atoms with Crippen LogP contribution in [0.1, 0.15) is 13.3 Å². The molecule has 1 fully saturated rings. The number of nitrogens with zero attached hydrogens (tertiary/aromatic N) is 1. The zero-order valence-corrected chi connectivity index (χ0v) is 13.4. The number of amides is 1. The first-order valence-corrected chi connectivity index (χ1v) is 8.86. The number of carboxylic acids is 1. The SMILES string of the molecule is C[C@H](CS(=O)(=O)c1ccc(F)cc1)C(=O)N1CC[C@@H](C(=O)O)C1. The molecule has 0 bridgehead atoms. The van der Waals surface area contributed by atoms with E-state index in [0.29, 0.717) is 13.0 Å². The highest BCUT2D eigenvalue weighted by Gasteiger charge is 2.34. The largest absolute Gasteiger partial charge is 0.481 e. The third-order valence-electron chi connectivity index (χ3n) is 3.91. The molecular formula is C15H18FNO5S. The summed E-state index contributed by atoms with van der Waals surface area (Å²) >= 11 is 0. The summed E-state index contributed by atoms with van der Waals surface area (Å²) in [6.07, 6.45) is 0.374. The molecule has 0 aliphatic carbocycles. The average Bonchev–Trinajstić information content (AvgIpc) is 2.96. The fourth-order valence-corrected chi connectivity index (χ4v) is 4.16. The number of carboxylic acid groups (broad SMARTS) is 1. The zero-order chi connectivity index (χ0) is 17.2. The van der Waals surface area contributed by atoms with Gasteiger partial charge in [0.2, 0.25) is 5.91 Å². The van der Waals surface area contributed by atoms with E-state index in [4.69, 9.17) is 5.11 Å². The molecular weight excluding hydrogens is 325 g/mol. The number of hydrogen-bond donors (Lipinski definition) is 1. The van der Waals surface area contributed by atoms with Crippen LogP contribution >= 0.6 is 0 Å². The van der Waals surface area contributed by atoms with Crippen molar-refractivity contribution in [1.82, 2.24) is 4.90 Å². The van der Waals surface area contributed by atoms with Gasteiger partial charge in [-0.3, -0.25) is 9.59 Å². The predicted octanol–water partition coefficient (Wildman–Crippen LogP) is 1.17. The van der Waals surface area contributed by atoms with E-state index in [1.165, 1.54) is 11.8 Å². The van der Waals surface area contributed by atoms with E-state index < -0.39 is 39.2 Å². The van der Waals surface area contributed by atoms with Crippen molar-refractivity contribution in [3.8, 4) is 0 Å². The third-order valence-corrected chi connectivity index (χ3v) is 5.84. The maximum atomic E-state index is 12.9. The van der Waals surface area contributed by atoms with Gasteiger partial charge in [0.1, 0.15) is 5.82 Å². The summed E-state index contributed by atoms with van der Waals surface area (Å²) in [5.74, 6) is -3.65. The van der Waals surface area contributed by atoms with Crippen LogP contribution in [0, 0.1) is 17.7 Å². The number of halogens is 1. The van der Waals surface area contributed by atoms with Gasteiger partial charge in [-0.25, -0.2) is 12.8 Å². The van der Waals surface area contributed by atoms with Gasteiger partial charge < -0.3 is 10.0 Å². The van der Waals surface area contributed by atoms with E-state index in [9.17, 15) is 22.4 Å². The second kappa shape index (κ2) is 6.66. The quantitative estimate of drug-likeness (QED) is 0.810. The van der Waals surface area contributed by atoms with Gasteiger partial charge in [0.15, 0.2) is 9.84 Å². The van der Waals surface area contributed by atoms with E-state index in [0.717, 1.165) is 24.3 Å². The van der Waals surface area contributed by atoms with Crippen molar-refractivity contribution < 1.29 is 27.5 Å². The maximum Gasteiger partial charge on any atom is 0.308 e. The van der Waals surface area contributed by atoms with E-state index in [-0.39, 0.29) is 17.3 Å². The number of rotatable bonds is 5. The van der Waals surface area contributed by atoms with Gasteiger partial charge in [0.25, 0.3) is 0 Å². The molecule has 1 aliphatic rings. The number of carbonyl (C=O) groups excluding carboxylic acids is 1. The lowest BCUT2D eigenvalue weighted by atomic mass is 10.1. The van der Waals surface area contributed by atoms with Crippen LogP contribution in [0.2, 0.25) is 0 Å². The Hall–Kier alpha value is -1.96. The standard InChI is InChI=1S/C15H18FNO5S/c1-10(14(18)17-7-6-11(8-17)15(19)20)9-23(21,22)13-4-2-12(16)3-5-13/h2-5,10-11H,6-9H2,1H3,(H,19,20)/t10-,11-/m1/s1. The molecule has 2 atom stereocenters. The normalized spacial score (nSPS) is 19.6. The second-order valence-electron chi connectivity index (χ2n) is 5.74. The van der Waals surface area contributed by atoms with Crippen molar-refractivity contribution in [3.05, 3.63) is 30.1 Å². The van der Waals surface area contributed by atoms with Crippen molar-refractivity contribution in [2.24, 2.45) is 11.8 Å². The summed E-state index contributed by atoms with van der Waals surface area (Å²) in [4.78, 5) is 24.6. The Balaban J connectivity index is 2.03. The first-order valence-electron chi connectivity index (χ1n) is 7.20. The highest BCUT2D eigenvalue weighted by molar-refractivity contribution is 7.91. The Labute approximate surface area is 133 Å². The minimum absolute atomic E-state index is 0.0385. The first kappa shape index (κ1) is 17.4. The van der Waals surface area contributed by atoms with Gasteiger partial charge in [-0.2, -0.15) is 0 Å². The molecule has 126 valence electrons. The summed E-state index contributed by atoms with van der Waals surface area (Å²) in [5, 5.41) is 8.94. The van der Waals surface area contributed by atoms with Crippen LogP contribution in [-0.4, -0.2) is 49.1 Å². The minimum atomic E-state index is -3.71. The fourth-order valence-electron chi connectivity index (χ4n) is 2.61. The van der Waals surface area contributed by atoms with Crippen LogP contribution in [-0.2, 0) is 19.4 Å². The number of aliphatic carboxylic acids is 1. The molecule has 1 heterocycles. The molecule has 1 aromatic rings. The molecule has 1 aromatic carbocycles. The Kier molecular flexibility index (Phi) is 5.03. The maximum absolute atomic E-state index is 12.9. The molecule has 0 saturated carbocycles. The number of likely N-dealkylation sites (tertiary alicyclic amines) is 1. The predicted molar refractivity (Wildman–Crippen MR) is 79.9 cm³/mol. The van der Waals surface area contributed by atoms with Gasteiger partial charge in [-0.1, -0.05) is 6.92 Å². The van der Waals surface area contributed by atoms with Crippen LogP contribution in [0.15, 0.2) is 29.2 Å². The lowest BCUT2D eigenvalue weighted by Gasteiger charge is -2.20. The van der Waals surface area contributed by atoms with Crippen molar-refractivity contribution in [2.45, 2.75) is 18.2 Å². The van der Waals surface area contributed by atoms with Crippen molar-refractivity contribution in [2.75, 3.05) is 18.8 Å². The van der Waals surface area contributed by atoms with Crippen molar-refractivity contribution >= 4 is 21.7 Å². The highest BCUT2D eigenvalue weighted by atomic mass is 32.2. The number of carbonyl (C=O) groups is 2. The molecule has 0 radical (unpaired) electrons. The molecule has 1 N–H and O–H groups in total. The van der Waals surface area contributed by atoms with E-state index in [2.05, 4.69) is 0 Å². The van der Waals surface area contributed by atoms with Crippen LogP contribution in [0.25, 0.3) is 0 Å². The fraction of sp³-hybridized carbons (Fsp3) is 0.467. The Morgan fingerprint density at radius 1 is 1.35 bits per heavy atom. The molecule has 1 aliphatic heterocycles. The van der Waals surface area contributed by atoms with Gasteiger partial charge in [0, 0.05) is 19.0 Å². The molecule has 0 aromatic heterocycles. The van der Waals surface area contributed by atoms with E-state index >= 15 is 0 Å². The summed E-state index contributed by atoms with van der Waals surface area (Å²) in [7, 11) is -3.71. The summed E-state index contributed by atoms with van der Waals surface area (Å²) in [6.45, 7) is 1.92. The van der Waals surface area contributed by atoms with Gasteiger partial charge >= 0.3 is 5.97 Å². The molecule has 2 rings (SSSR count). The smallest absolute Gasteiger partial charge is 0.308 e. The zero-order valence-electron chi connectivity index (χ0n) is 12.6. The summed E-state index contributed by atoms with van der Waals surface area (Å²) < 4.78 is 37.4. The average molecular weight is 343 g/mol. The molecule has 23 heavy (non-hydrogen) atoms. The van der Waals surface area contributed by atoms with E-state index in [1.54, 1.807) is 0 Å². The number of sulfone groups is 1. The molecule has 6 nitrogen and oxygen atoms in total. The highest BCUT2D eigenvalue weighted by Crippen LogP contribution is 2.21. The summed E-state index contributed by atoms with van der Waals surface area (Å²) in [6, 6.07) is 4.44. The molecule has 0 spiro atoms. The minimum Gasteiger partial charge on any atom is -0.481 e. The lowest BCUT2D eigenvalue weighted by Crippen LogP contribution is -2.36. The van der Waals surface area contributed by atoms with E-state index in [1.807, 2.05) is 0 Å². The molecule has 8 heteroatoms. The van der Waals surface area contributed by atoms with Crippen LogP contribution in [0.5, 0.6) is 0 Å². The monoisotopic (exact) mass is 343 g/mol. The summed E-state index contributed by atoms with van der Waals surface area (Å²) in [5.41, 5.74) is 0. The van der Waals surface area contributed by atoms with Gasteiger partial charge in [0.05, 0.1) is 16.6 Å². The number of benzene rings is 1.